The summed E-state index contributed by atoms with van der Waals surface area (Å²) in [5, 5.41) is 0. The van der Waals surface area contributed by atoms with Crippen molar-refractivity contribution in [2.75, 3.05) is 13.6 Å². The van der Waals surface area contributed by atoms with Crippen molar-refractivity contribution in [3.8, 4) is 0 Å². The van der Waals surface area contributed by atoms with Crippen LogP contribution in [0.1, 0.15) is 25.8 Å². The van der Waals surface area contributed by atoms with Crippen molar-refractivity contribution in [3.63, 3.8) is 0 Å². The summed E-state index contributed by atoms with van der Waals surface area (Å²) in [5.41, 5.74) is 5.95. The van der Waals surface area contributed by atoms with Crippen LogP contribution in [0, 0.1) is 11.7 Å². The van der Waals surface area contributed by atoms with E-state index in [9.17, 15) is 12.8 Å². The summed E-state index contributed by atoms with van der Waals surface area (Å²) in [7, 11) is -2.19. The molecule has 0 spiro atoms. The molecule has 0 fully saturated rings. The molecule has 19 heavy (non-hydrogen) atoms. The van der Waals surface area contributed by atoms with Crippen LogP contribution in [0.15, 0.2) is 23.1 Å². The van der Waals surface area contributed by atoms with Crippen LogP contribution in [0.2, 0.25) is 0 Å². The number of nitrogens with two attached hydrogens (primary N) is 1. The monoisotopic (exact) mass is 288 g/mol. The van der Waals surface area contributed by atoms with Gasteiger partial charge >= 0.3 is 0 Å². The van der Waals surface area contributed by atoms with E-state index in [0.717, 1.165) is 12.5 Å². The van der Waals surface area contributed by atoms with Crippen LogP contribution in [0.3, 0.4) is 0 Å². The Labute approximate surface area is 114 Å². The molecule has 2 N–H and O–H groups in total. The fourth-order valence-corrected chi connectivity index (χ4v) is 3.30. The molecule has 6 heteroatoms. The topological polar surface area (TPSA) is 63.4 Å². The van der Waals surface area contributed by atoms with Crippen LogP contribution in [-0.4, -0.2) is 26.3 Å². The number of benzene rings is 1. The van der Waals surface area contributed by atoms with Crippen molar-refractivity contribution < 1.29 is 12.8 Å². The van der Waals surface area contributed by atoms with Crippen molar-refractivity contribution in [3.05, 3.63) is 29.6 Å². The van der Waals surface area contributed by atoms with E-state index in [1.54, 1.807) is 0 Å². The second-order valence-electron chi connectivity index (χ2n) is 4.76. The zero-order valence-corrected chi connectivity index (χ0v) is 12.4. The zero-order chi connectivity index (χ0) is 14.6. The second-order valence-corrected chi connectivity index (χ2v) is 6.77. The number of hydrogen-bond donors (Lipinski definition) is 1. The van der Waals surface area contributed by atoms with Crippen molar-refractivity contribution >= 4 is 10.0 Å². The summed E-state index contributed by atoms with van der Waals surface area (Å²) < 4.78 is 39.4. The molecule has 0 aliphatic rings. The first-order valence-corrected chi connectivity index (χ1v) is 7.71. The van der Waals surface area contributed by atoms with E-state index in [2.05, 4.69) is 0 Å². The Balaban J connectivity index is 3.16. The Morgan fingerprint density at radius 3 is 2.58 bits per heavy atom. The molecule has 0 radical (unpaired) electrons. The molecule has 0 saturated heterocycles. The van der Waals surface area contributed by atoms with Crippen LogP contribution >= 0.6 is 0 Å². The third kappa shape index (κ3) is 3.75. The fraction of sp³-hybridized carbons (Fsp3) is 0.538. The van der Waals surface area contributed by atoms with Gasteiger partial charge in [0.15, 0.2) is 0 Å². The third-order valence-corrected chi connectivity index (χ3v) is 5.11. The summed E-state index contributed by atoms with van der Waals surface area (Å²) in [6, 6.07) is 3.67. The first kappa shape index (κ1) is 16.1. The molecule has 1 rings (SSSR count). The summed E-state index contributed by atoms with van der Waals surface area (Å²) in [5.74, 6) is -0.331. The van der Waals surface area contributed by atoms with Gasteiger partial charge in [0.05, 0.1) is 4.90 Å². The van der Waals surface area contributed by atoms with Gasteiger partial charge in [0.2, 0.25) is 10.0 Å². The summed E-state index contributed by atoms with van der Waals surface area (Å²) in [6.45, 7) is 4.44. The van der Waals surface area contributed by atoms with E-state index < -0.39 is 15.8 Å². The maximum atomic E-state index is 13.3. The van der Waals surface area contributed by atoms with Gasteiger partial charge in [-0.1, -0.05) is 26.3 Å². The predicted molar refractivity (Wildman–Crippen MR) is 73.6 cm³/mol. The Morgan fingerprint density at radius 2 is 2.05 bits per heavy atom. The molecule has 4 nitrogen and oxygen atoms in total. The lowest BCUT2D eigenvalue weighted by molar-refractivity contribution is 0.393. The van der Waals surface area contributed by atoms with Crippen LogP contribution < -0.4 is 5.73 Å². The van der Waals surface area contributed by atoms with E-state index in [-0.39, 0.29) is 17.4 Å². The van der Waals surface area contributed by atoms with Crippen molar-refractivity contribution in [1.29, 1.82) is 0 Å². The van der Waals surface area contributed by atoms with Crippen LogP contribution in [0.4, 0.5) is 4.39 Å². The van der Waals surface area contributed by atoms with Gasteiger partial charge in [-0.2, -0.15) is 0 Å². The summed E-state index contributed by atoms with van der Waals surface area (Å²) in [4.78, 5) is -0.0409. The lowest BCUT2D eigenvalue weighted by atomic mass is 10.1. The van der Waals surface area contributed by atoms with E-state index in [1.165, 1.54) is 23.5 Å². The molecule has 108 valence electrons. The first-order valence-electron chi connectivity index (χ1n) is 6.27. The molecule has 0 aliphatic carbocycles. The third-order valence-electron chi connectivity index (χ3n) is 3.20. The largest absolute Gasteiger partial charge is 0.326 e. The molecule has 0 heterocycles. The van der Waals surface area contributed by atoms with E-state index >= 15 is 0 Å². The predicted octanol–water partition coefficient (Wildman–Crippen LogP) is 1.95. The highest BCUT2D eigenvalue weighted by atomic mass is 32.2. The van der Waals surface area contributed by atoms with Gasteiger partial charge in [-0.15, -0.1) is 0 Å². The second kappa shape index (κ2) is 6.45. The molecule has 0 bridgehead atoms. The molecule has 1 aromatic rings. The standard InChI is InChI=1S/C13H21FN2O2S/c1-4-10(2)9-16(3)19(17,18)13-7-12(14)6-5-11(13)8-15/h5-7,10H,4,8-9,15H2,1-3H3. The van der Waals surface area contributed by atoms with E-state index in [0.29, 0.717) is 12.1 Å². The Bertz CT molecular complexity index is 531. The van der Waals surface area contributed by atoms with Gasteiger partial charge in [0, 0.05) is 20.1 Å². The highest BCUT2D eigenvalue weighted by molar-refractivity contribution is 7.89. The minimum Gasteiger partial charge on any atom is -0.326 e. The first-order chi connectivity index (χ1) is 8.82. The highest BCUT2D eigenvalue weighted by Crippen LogP contribution is 2.21. The van der Waals surface area contributed by atoms with E-state index in [1.807, 2.05) is 13.8 Å². The van der Waals surface area contributed by atoms with Gasteiger partial charge in [-0.3, -0.25) is 0 Å². The average molecular weight is 288 g/mol. The molecular formula is C13H21FN2O2S. The van der Waals surface area contributed by atoms with Crippen molar-refractivity contribution in [2.24, 2.45) is 11.7 Å². The number of sulfonamides is 1. The molecule has 0 aromatic heterocycles. The lowest BCUT2D eigenvalue weighted by Crippen LogP contribution is -2.32. The minimum absolute atomic E-state index is 0.0409. The molecule has 1 unspecified atom stereocenters. The molecule has 0 amide bonds. The number of nitrogens with zero attached hydrogens (tertiary/aromatic N) is 1. The highest BCUT2D eigenvalue weighted by Gasteiger charge is 2.25. The van der Waals surface area contributed by atoms with Crippen LogP contribution in [0.25, 0.3) is 0 Å². The SMILES string of the molecule is CCC(C)CN(C)S(=O)(=O)c1cc(F)ccc1CN. The summed E-state index contributed by atoms with van der Waals surface area (Å²) in [6.07, 6.45) is 0.882. The molecule has 0 saturated carbocycles. The van der Waals surface area contributed by atoms with Gasteiger partial charge in [0.25, 0.3) is 0 Å². The quantitative estimate of drug-likeness (QED) is 0.870. The van der Waals surface area contributed by atoms with Crippen LogP contribution in [0.5, 0.6) is 0 Å². The number of hydrogen-bond acceptors (Lipinski definition) is 3. The molecular weight excluding hydrogens is 267 g/mol. The van der Waals surface area contributed by atoms with Gasteiger partial charge in [-0.25, -0.2) is 17.1 Å². The molecule has 1 aromatic carbocycles. The van der Waals surface area contributed by atoms with Crippen molar-refractivity contribution in [2.45, 2.75) is 31.7 Å². The Hall–Kier alpha value is -0.980. The lowest BCUT2D eigenvalue weighted by Gasteiger charge is -2.21. The maximum Gasteiger partial charge on any atom is 0.243 e. The average Bonchev–Trinajstić information content (AvgIpc) is 2.38. The Morgan fingerprint density at radius 1 is 1.42 bits per heavy atom. The maximum absolute atomic E-state index is 13.3. The van der Waals surface area contributed by atoms with Crippen molar-refractivity contribution in [1.82, 2.24) is 4.31 Å². The molecule has 0 aliphatic heterocycles. The van der Waals surface area contributed by atoms with E-state index in [4.69, 9.17) is 5.73 Å². The Kier molecular flexibility index (Phi) is 5.46. The van der Waals surface area contributed by atoms with Gasteiger partial charge in [-0.05, 0) is 23.6 Å². The van der Waals surface area contributed by atoms with Gasteiger partial charge in [0.1, 0.15) is 5.82 Å². The summed E-state index contributed by atoms with van der Waals surface area (Å²) >= 11 is 0. The minimum atomic E-state index is -3.70. The number of halogens is 1. The number of rotatable bonds is 6. The zero-order valence-electron chi connectivity index (χ0n) is 11.6. The smallest absolute Gasteiger partial charge is 0.243 e. The van der Waals surface area contributed by atoms with Gasteiger partial charge < -0.3 is 5.73 Å². The molecule has 1 atom stereocenters. The van der Waals surface area contributed by atoms with Crippen LogP contribution in [-0.2, 0) is 16.6 Å². The normalized spacial score (nSPS) is 13.8. The fourth-order valence-electron chi connectivity index (χ4n) is 1.77.